The fraction of sp³-hybridized carbons (Fsp3) is 0.897. The number of ether oxygens (including phenoxy) is 2. The minimum absolute atomic E-state index is 0.155. The Morgan fingerprint density at radius 1 is 0.914 bits per heavy atom. The maximum atomic E-state index is 12.8. The van der Waals surface area contributed by atoms with E-state index in [1.807, 2.05) is 0 Å². The first-order valence-electron chi connectivity index (χ1n) is 13.7. The van der Waals surface area contributed by atoms with Gasteiger partial charge in [0, 0.05) is 5.92 Å². The van der Waals surface area contributed by atoms with E-state index in [2.05, 4.69) is 20.8 Å². The van der Waals surface area contributed by atoms with Crippen molar-refractivity contribution in [1.29, 1.82) is 0 Å². The van der Waals surface area contributed by atoms with Crippen molar-refractivity contribution in [2.45, 2.75) is 110 Å². The number of fused-ring (bicyclic) bond motifs is 5. The van der Waals surface area contributed by atoms with E-state index in [0.29, 0.717) is 23.0 Å². The fourth-order valence-electron chi connectivity index (χ4n) is 9.03. The quantitative estimate of drug-likeness (QED) is 0.398. The molecule has 4 fully saturated rings. The lowest BCUT2D eigenvalue weighted by molar-refractivity contribution is -0.178. The number of ketones is 1. The maximum Gasteiger partial charge on any atom is 0.321 e. The van der Waals surface area contributed by atoms with Crippen molar-refractivity contribution in [2.24, 2.45) is 40.4 Å². The standard InChI is InChI=1S/C29H46O5S/c1-18(30)21-10-11-22-20-9-8-19-16-27(4,34-24(31)17-35-26(2,3)25(32)33-7)14-15-28(19,5)23(20)12-13-29(21,22)6/h19-23H,8-17H2,1-7H3/t19-,20-,21+,22-,23-,27+,28-,29+/m0/s1. The van der Waals surface area contributed by atoms with Crippen LogP contribution < -0.4 is 0 Å². The number of rotatable bonds is 6. The highest BCUT2D eigenvalue weighted by Gasteiger charge is 2.61. The summed E-state index contributed by atoms with van der Waals surface area (Å²) < 4.78 is 10.2. The summed E-state index contributed by atoms with van der Waals surface area (Å²) in [6, 6.07) is 0. The molecule has 0 aliphatic heterocycles. The predicted octanol–water partition coefficient (Wildman–Crippen LogP) is 6.22. The molecule has 0 bridgehead atoms. The molecule has 0 amide bonds. The minimum Gasteiger partial charge on any atom is -0.468 e. The van der Waals surface area contributed by atoms with Crippen molar-refractivity contribution in [3.63, 3.8) is 0 Å². The van der Waals surface area contributed by atoms with E-state index >= 15 is 0 Å². The molecular weight excluding hydrogens is 460 g/mol. The van der Waals surface area contributed by atoms with E-state index in [-0.39, 0.29) is 29.0 Å². The van der Waals surface area contributed by atoms with Crippen LogP contribution in [0.1, 0.15) is 99.3 Å². The Balaban J connectivity index is 1.40. The summed E-state index contributed by atoms with van der Waals surface area (Å²) in [5.41, 5.74) is 0.0664. The molecule has 4 saturated carbocycles. The van der Waals surface area contributed by atoms with Gasteiger partial charge in [-0.25, -0.2) is 0 Å². The zero-order valence-corrected chi connectivity index (χ0v) is 23.7. The predicted molar refractivity (Wildman–Crippen MR) is 139 cm³/mol. The van der Waals surface area contributed by atoms with Crippen LogP contribution in [0.3, 0.4) is 0 Å². The molecule has 0 heterocycles. The Hall–Kier alpha value is -1.04. The lowest BCUT2D eigenvalue weighted by Gasteiger charge is -2.62. The highest BCUT2D eigenvalue weighted by molar-refractivity contribution is 8.01. The lowest BCUT2D eigenvalue weighted by Crippen LogP contribution is -2.56. The van der Waals surface area contributed by atoms with E-state index in [1.54, 1.807) is 20.8 Å². The highest BCUT2D eigenvalue weighted by atomic mass is 32.2. The zero-order chi connectivity index (χ0) is 25.8. The monoisotopic (exact) mass is 506 g/mol. The molecule has 0 radical (unpaired) electrons. The number of methoxy groups -OCH3 is 1. The largest absolute Gasteiger partial charge is 0.468 e. The van der Waals surface area contributed by atoms with Gasteiger partial charge in [-0.05, 0) is 120 Å². The molecule has 4 aliphatic carbocycles. The fourth-order valence-corrected chi connectivity index (χ4v) is 9.76. The van der Waals surface area contributed by atoms with Gasteiger partial charge in [0.15, 0.2) is 0 Å². The van der Waals surface area contributed by atoms with Crippen LogP contribution in [0.25, 0.3) is 0 Å². The first-order valence-corrected chi connectivity index (χ1v) is 14.7. The zero-order valence-electron chi connectivity index (χ0n) is 22.9. The van der Waals surface area contributed by atoms with E-state index < -0.39 is 10.3 Å². The average Bonchev–Trinajstić information content (AvgIpc) is 3.15. The number of esters is 2. The third-order valence-corrected chi connectivity index (χ3v) is 12.3. The molecule has 0 unspecified atom stereocenters. The third-order valence-electron chi connectivity index (χ3n) is 11.0. The summed E-state index contributed by atoms with van der Waals surface area (Å²) in [5.74, 6) is 2.98. The number of carbonyl (C=O) groups excluding carboxylic acids is 3. The average molecular weight is 507 g/mol. The molecule has 35 heavy (non-hydrogen) atoms. The molecule has 5 nitrogen and oxygen atoms in total. The second kappa shape index (κ2) is 9.36. The van der Waals surface area contributed by atoms with Crippen molar-refractivity contribution in [3.8, 4) is 0 Å². The molecule has 6 heteroatoms. The van der Waals surface area contributed by atoms with Crippen LogP contribution in [0.4, 0.5) is 0 Å². The molecule has 8 atom stereocenters. The van der Waals surface area contributed by atoms with Crippen LogP contribution in [0.15, 0.2) is 0 Å². The van der Waals surface area contributed by atoms with Gasteiger partial charge in [0.2, 0.25) is 0 Å². The molecular formula is C29H46O5S. The smallest absolute Gasteiger partial charge is 0.321 e. The molecule has 0 spiro atoms. The van der Waals surface area contributed by atoms with Crippen LogP contribution in [-0.4, -0.2) is 40.9 Å². The number of carbonyl (C=O) groups is 3. The van der Waals surface area contributed by atoms with Gasteiger partial charge in [0.1, 0.15) is 16.1 Å². The summed E-state index contributed by atoms with van der Waals surface area (Å²) in [7, 11) is 1.37. The van der Waals surface area contributed by atoms with Crippen molar-refractivity contribution in [3.05, 3.63) is 0 Å². The second-order valence-corrected chi connectivity index (χ2v) is 15.0. The third kappa shape index (κ3) is 4.70. The Morgan fingerprint density at radius 2 is 1.60 bits per heavy atom. The Labute approximate surface area is 216 Å². The minimum atomic E-state index is -0.769. The van der Waals surface area contributed by atoms with Crippen LogP contribution in [0.5, 0.6) is 0 Å². The maximum absolute atomic E-state index is 12.8. The summed E-state index contributed by atoms with van der Waals surface area (Å²) in [4.78, 5) is 37.1. The number of hydrogen-bond acceptors (Lipinski definition) is 6. The molecule has 0 aromatic rings. The highest BCUT2D eigenvalue weighted by Crippen LogP contribution is 2.68. The van der Waals surface area contributed by atoms with Gasteiger partial charge in [-0.15, -0.1) is 11.8 Å². The molecule has 4 rings (SSSR count). The van der Waals surface area contributed by atoms with Crippen molar-refractivity contribution in [2.75, 3.05) is 12.9 Å². The molecule has 0 saturated heterocycles. The van der Waals surface area contributed by atoms with Gasteiger partial charge < -0.3 is 9.47 Å². The van der Waals surface area contributed by atoms with Gasteiger partial charge >= 0.3 is 11.9 Å². The normalized spacial score (nSPS) is 42.9. The van der Waals surface area contributed by atoms with Crippen molar-refractivity contribution < 1.29 is 23.9 Å². The van der Waals surface area contributed by atoms with E-state index in [4.69, 9.17) is 9.47 Å². The van der Waals surface area contributed by atoms with Gasteiger partial charge in [0.25, 0.3) is 0 Å². The van der Waals surface area contributed by atoms with E-state index in [9.17, 15) is 14.4 Å². The van der Waals surface area contributed by atoms with Crippen LogP contribution in [-0.2, 0) is 23.9 Å². The number of hydrogen-bond donors (Lipinski definition) is 0. The number of thioether (sulfide) groups is 1. The molecule has 198 valence electrons. The Morgan fingerprint density at radius 3 is 2.26 bits per heavy atom. The van der Waals surface area contributed by atoms with Crippen molar-refractivity contribution in [1.82, 2.24) is 0 Å². The number of Topliss-reactive ketones (excluding diaryl/α,β-unsaturated/α-hetero) is 1. The van der Waals surface area contributed by atoms with Gasteiger partial charge in [-0.3, -0.25) is 14.4 Å². The second-order valence-electron chi connectivity index (χ2n) is 13.4. The van der Waals surface area contributed by atoms with Gasteiger partial charge in [-0.2, -0.15) is 0 Å². The van der Waals surface area contributed by atoms with Crippen LogP contribution in [0.2, 0.25) is 0 Å². The van der Waals surface area contributed by atoms with E-state index in [0.717, 1.165) is 37.5 Å². The van der Waals surface area contributed by atoms with Gasteiger partial charge in [-0.1, -0.05) is 13.8 Å². The summed E-state index contributed by atoms with van der Waals surface area (Å²) >= 11 is 1.28. The first-order chi connectivity index (χ1) is 16.3. The Bertz CT molecular complexity index is 869. The summed E-state index contributed by atoms with van der Waals surface area (Å²) in [5, 5.41) is 0. The van der Waals surface area contributed by atoms with Crippen LogP contribution >= 0.6 is 11.8 Å². The molecule has 0 N–H and O–H groups in total. The van der Waals surface area contributed by atoms with Crippen molar-refractivity contribution >= 4 is 29.5 Å². The van der Waals surface area contributed by atoms with Gasteiger partial charge in [0.05, 0.1) is 12.9 Å². The summed E-state index contributed by atoms with van der Waals surface area (Å²) in [6.07, 6.45) is 10.1. The first kappa shape index (κ1) is 27.0. The molecule has 4 aliphatic rings. The summed E-state index contributed by atoms with van der Waals surface area (Å²) in [6.45, 7) is 12.4. The van der Waals surface area contributed by atoms with E-state index in [1.165, 1.54) is 51.0 Å². The van der Waals surface area contributed by atoms with Crippen LogP contribution in [0, 0.1) is 40.4 Å². The molecule has 0 aromatic carbocycles. The topological polar surface area (TPSA) is 69.7 Å². The molecule has 0 aromatic heterocycles. The lowest BCUT2D eigenvalue weighted by atomic mass is 9.44. The Kier molecular flexibility index (Phi) is 7.23. The SMILES string of the molecule is COC(=O)C(C)(C)SCC(=O)O[C@]1(C)CC[C@@]2(C)[C@@H](CC[C@@H]3[C@@H]2CC[C@]2(C)[C@@H](C(C)=O)CC[C@@H]32)C1.